The predicted octanol–water partition coefficient (Wildman–Crippen LogP) is -0.499. The van der Waals surface area contributed by atoms with E-state index in [9.17, 15) is 4.79 Å². The first-order valence-corrected chi connectivity index (χ1v) is 4.95. The van der Waals surface area contributed by atoms with E-state index < -0.39 is 0 Å². The fourth-order valence-corrected chi connectivity index (χ4v) is 1.46. The van der Waals surface area contributed by atoms with E-state index in [4.69, 9.17) is 4.74 Å². The molecule has 2 aliphatic rings. The van der Waals surface area contributed by atoms with E-state index in [0.29, 0.717) is 12.5 Å². The van der Waals surface area contributed by atoms with Crippen LogP contribution in [0.3, 0.4) is 0 Å². The van der Waals surface area contributed by atoms with E-state index in [1.54, 1.807) is 0 Å². The van der Waals surface area contributed by atoms with E-state index in [0.717, 1.165) is 32.5 Å². The summed E-state index contributed by atoms with van der Waals surface area (Å²) in [6, 6.07) is 0.163. The molecule has 1 aliphatic heterocycles. The number of hydrogen-bond donors (Lipinski definition) is 2. The highest BCUT2D eigenvalue weighted by atomic mass is 16.5. The lowest BCUT2D eigenvalue weighted by Crippen LogP contribution is -2.43. The Morgan fingerprint density at radius 3 is 3.08 bits per heavy atom. The minimum atomic E-state index is 0.163. The van der Waals surface area contributed by atoms with Crippen molar-refractivity contribution in [3.63, 3.8) is 0 Å². The van der Waals surface area contributed by atoms with Crippen LogP contribution in [-0.2, 0) is 9.53 Å². The van der Waals surface area contributed by atoms with E-state index in [-0.39, 0.29) is 11.9 Å². The molecule has 1 unspecified atom stereocenters. The first-order valence-electron chi connectivity index (χ1n) is 4.95. The molecule has 74 valence electrons. The second-order valence-corrected chi connectivity index (χ2v) is 3.76. The summed E-state index contributed by atoms with van der Waals surface area (Å²) in [7, 11) is 0. The van der Waals surface area contributed by atoms with Crippen molar-refractivity contribution in [3.8, 4) is 0 Å². The molecule has 1 aliphatic carbocycles. The molecule has 4 nitrogen and oxygen atoms in total. The van der Waals surface area contributed by atoms with Gasteiger partial charge in [-0.25, -0.2) is 0 Å². The van der Waals surface area contributed by atoms with Crippen LogP contribution in [-0.4, -0.2) is 38.3 Å². The summed E-state index contributed by atoms with van der Waals surface area (Å²) in [5, 5.41) is 6.22. The smallest absolute Gasteiger partial charge is 0.223 e. The molecule has 1 saturated carbocycles. The Hall–Kier alpha value is -0.610. The Morgan fingerprint density at radius 1 is 1.46 bits per heavy atom. The maximum Gasteiger partial charge on any atom is 0.223 e. The number of carbonyl (C=O) groups excluding carboxylic acids is 1. The van der Waals surface area contributed by atoms with E-state index in [2.05, 4.69) is 10.6 Å². The van der Waals surface area contributed by atoms with Crippen molar-refractivity contribution in [2.75, 3.05) is 26.3 Å². The number of amides is 1. The summed E-state index contributed by atoms with van der Waals surface area (Å²) in [6.07, 6.45) is 2.12. The Balaban J connectivity index is 1.74. The molecule has 1 heterocycles. The highest BCUT2D eigenvalue weighted by Gasteiger charge is 2.30. The lowest BCUT2D eigenvalue weighted by Gasteiger charge is -2.15. The second-order valence-electron chi connectivity index (χ2n) is 3.76. The Morgan fingerprint density at radius 2 is 2.31 bits per heavy atom. The third-order valence-electron chi connectivity index (χ3n) is 2.43. The van der Waals surface area contributed by atoms with Crippen LogP contribution in [0.2, 0.25) is 0 Å². The molecule has 0 aromatic rings. The zero-order valence-electron chi connectivity index (χ0n) is 7.71. The lowest BCUT2D eigenvalue weighted by atomic mass is 10.3. The molecule has 4 heteroatoms. The van der Waals surface area contributed by atoms with Gasteiger partial charge in [0, 0.05) is 19.0 Å². The molecule has 13 heavy (non-hydrogen) atoms. The van der Waals surface area contributed by atoms with Crippen LogP contribution in [0.1, 0.15) is 12.8 Å². The zero-order valence-corrected chi connectivity index (χ0v) is 7.71. The molecule has 2 fully saturated rings. The minimum Gasteiger partial charge on any atom is -0.378 e. The zero-order chi connectivity index (χ0) is 9.10. The number of carbonyl (C=O) groups is 1. The van der Waals surface area contributed by atoms with Crippen molar-refractivity contribution >= 4 is 5.91 Å². The van der Waals surface area contributed by atoms with Gasteiger partial charge >= 0.3 is 0 Å². The molecule has 2 rings (SSSR count). The van der Waals surface area contributed by atoms with Gasteiger partial charge in [-0.05, 0) is 12.8 Å². The molecule has 0 aromatic heterocycles. The number of hydrogen-bond acceptors (Lipinski definition) is 3. The number of ether oxygens (including phenoxy) is 1. The average Bonchev–Trinajstić information content (AvgIpc) is 2.92. The van der Waals surface area contributed by atoms with Crippen molar-refractivity contribution < 1.29 is 9.53 Å². The summed E-state index contributed by atoms with van der Waals surface area (Å²) >= 11 is 0. The highest BCUT2D eigenvalue weighted by Crippen LogP contribution is 2.28. The number of rotatable bonds is 2. The normalized spacial score (nSPS) is 29.4. The summed E-state index contributed by atoms with van der Waals surface area (Å²) < 4.78 is 5.33. The van der Waals surface area contributed by atoms with Gasteiger partial charge < -0.3 is 15.4 Å². The third kappa shape index (κ3) is 2.67. The SMILES string of the molecule is O=C(NC1CNCCOC1)C1CC1. The van der Waals surface area contributed by atoms with Crippen LogP contribution in [0.25, 0.3) is 0 Å². The van der Waals surface area contributed by atoms with Crippen LogP contribution in [0.4, 0.5) is 0 Å². The largest absolute Gasteiger partial charge is 0.378 e. The topological polar surface area (TPSA) is 50.4 Å². The molecule has 1 atom stereocenters. The fraction of sp³-hybridized carbons (Fsp3) is 0.889. The fourth-order valence-electron chi connectivity index (χ4n) is 1.46. The average molecular weight is 184 g/mol. The van der Waals surface area contributed by atoms with E-state index in [1.165, 1.54) is 0 Å². The standard InChI is InChI=1S/C9H16N2O2/c12-9(7-1-2-7)11-8-5-10-3-4-13-6-8/h7-8,10H,1-6H2,(H,11,12). The molecule has 0 spiro atoms. The van der Waals surface area contributed by atoms with Gasteiger partial charge in [0.25, 0.3) is 0 Å². The van der Waals surface area contributed by atoms with Gasteiger partial charge in [0.15, 0.2) is 0 Å². The van der Waals surface area contributed by atoms with Crippen LogP contribution >= 0.6 is 0 Å². The summed E-state index contributed by atoms with van der Waals surface area (Å²) in [6.45, 7) is 3.11. The van der Waals surface area contributed by atoms with Gasteiger partial charge in [-0.3, -0.25) is 4.79 Å². The van der Waals surface area contributed by atoms with Crippen molar-refractivity contribution in [2.24, 2.45) is 5.92 Å². The maximum atomic E-state index is 11.4. The summed E-state index contributed by atoms with van der Waals surface area (Å²) in [4.78, 5) is 11.4. The van der Waals surface area contributed by atoms with Gasteiger partial charge in [0.1, 0.15) is 0 Å². The van der Waals surface area contributed by atoms with Crippen LogP contribution < -0.4 is 10.6 Å². The molecule has 1 saturated heterocycles. The first-order chi connectivity index (χ1) is 6.36. The quantitative estimate of drug-likeness (QED) is 0.608. The van der Waals surface area contributed by atoms with Crippen molar-refractivity contribution in [3.05, 3.63) is 0 Å². The van der Waals surface area contributed by atoms with Gasteiger partial charge in [-0.1, -0.05) is 0 Å². The molecule has 1 amide bonds. The minimum absolute atomic E-state index is 0.163. The van der Waals surface area contributed by atoms with Crippen LogP contribution in [0.5, 0.6) is 0 Å². The Labute approximate surface area is 78.0 Å². The predicted molar refractivity (Wildman–Crippen MR) is 48.3 cm³/mol. The molecule has 0 bridgehead atoms. The van der Waals surface area contributed by atoms with Crippen molar-refractivity contribution in [2.45, 2.75) is 18.9 Å². The van der Waals surface area contributed by atoms with Crippen molar-refractivity contribution in [1.82, 2.24) is 10.6 Å². The third-order valence-corrected chi connectivity index (χ3v) is 2.43. The summed E-state index contributed by atoms with van der Waals surface area (Å²) in [5.74, 6) is 0.501. The number of nitrogens with one attached hydrogen (secondary N) is 2. The summed E-state index contributed by atoms with van der Waals surface area (Å²) in [5.41, 5.74) is 0. The Bertz CT molecular complexity index is 184. The van der Waals surface area contributed by atoms with E-state index in [1.807, 2.05) is 0 Å². The Kier molecular flexibility index (Phi) is 2.80. The van der Waals surface area contributed by atoms with E-state index >= 15 is 0 Å². The monoisotopic (exact) mass is 184 g/mol. The second kappa shape index (κ2) is 4.07. The van der Waals surface area contributed by atoms with Gasteiger partial charge in [-0.2, -0.15) is 0 Å². The molecular weight excluding hydrogens is 168 g/mol. The molecule has 0 aromatic carbocycles. The first kappa shape index (κ1) is 8.97. The van der Waals surface area contributed by atoms with Gasteiger partial charge in [0.05, 0.1) is 19.3 Å². The highest BCUT2D eigenvalue weighted by molar-refractivity contribution is 5.81. The van der Waals surface area contributed by atoms with Gasteiger partial charge in [-0.15, -0.1) is 0 Å². The molecule has 0 radical (unpaired) electrons. The van der Waals surface area contributed by atoms with Crippen LogP contribution in [0.15, 0.2) is 0 Å². The molecule has 2 N–H and O–H groups in total. The molecular formula is C9H16N2O2. The van der Waals surface area contributed by atoms with Crippen molar-refractivity contribution in [1.29, 1.82) is 0 Å². The van der Waals surface area contributed by atoms with Crippen LogP contribution in [0, 0.1) is 5.92 Å². The lowest BCUT2D eigenvalue weighted by molar-refractivity contribution is -0.123. The van der Waals surface area contributed by atoms with Gasteiger partial charge in [0.2, 0.25) is 5.91 Å². The maximum absolute atomic E-state index is 11.4.